The fourth-order valence-electron chi connectivity index (χ4n) is 2.61. The summed E-state index contributed by atoms with van der Waals surface area (Å²) in [4.78, 5) is 24.3. The predicted molar refractivity (Wildman–Crippen MR) is 98.7 cm³/mol. The van der Waals surface area contributed by atoms with E-state index in [1.165, 1.54) is 0 Å². The van der Waals surface area contributed by atoms with Crippen molar-refractivity contribution in [2.45, 2.75) is 33.1 Å². The molecule has 126 valence electrons. The summed E-state index contributed by atoms with van der Waals surface area (Å²) in [5.74, 6) is 0.0647. The average molecular weight is 324 g/mol. The molecule has 2 rings (SSSR count). The second-order valence-corrected chi connectivity index (χ2v) is 5.83. The van der Waals surface area contributed by atoms with Crippen LogP contribution in [0, 0.1) is 6.92 Å². The lowest BCUT2D eigenvalue weighted by Gasteiger charge is -2.11. The number of nitrogens with one attached hydrogen (secondary N) is 2. The van der Waals surface area contributed by atoms with Gasteiger partial charge in [0.25, 0.3) is 0 Å². The number of carbonyl (C=O) groups excluding carboxylic acids is 2. The summed E-state index contributed by atoms with van der Waals surface area (Å²) < 4.78 is 0. The lowest BCUT2D eigenvalue weighted by atomic mass is 9.99. The molecular weight excluding hydrogens is 300 g/mol. The number of para-hydroxylation sites is 1. The van der Waals surface area contributed by atoms with Crippen LogP contribution in [0.15, 0.2) is 42.5 Å². The van der Waals surface area contributed by atoms with Crippen LogP contribution in [0.5, 0.6) is 0 Å². The highest BCUT2D eigenvalue weighted by molar-refractivity contribution is 5.99. The number of hydrogen-bond acceptors (Lipinski definition) is 3. The van der Waals surface area contributed by atoms with E-state index in [2.05, 4.69) is 10.6 Å². The van der Waals surface area contributed by atoms with E-state index in [9.17, 15) is 9.59 Å². The quantitative estimate of drug-likeness (QED) is 0.750. The molecule has 0 atom stereocenters. The Labute approximate surface area is 143 Å². The van der Waals surface area contributed by atoms with Gasteiger partial charge in [0, 0.05) is 36.8 Å². The van der Waals surface area contributed by atoms with Crippen molar-refractivity contribution in [3.63, 3.8) is 0 Å². The highest BCUT2D eigenvalue weighted by Crippen LogP contribution is 2.20. The minimum Gasteiger partial charge on any atom is -0.388 e. The topological polar surface area (TPSA) is 58.2 Å². The number of rotatable bonds is 7. The van der Waals surface area contributed by atoms with Crippen LogP contribution in [0.2, 0.25) is 0 Å². The van der Waals surface area contributed by atoms with Crippen molar-refractivity contribution < 1.29 is 9.59 Å². The highest BCUT2D eigenvalue weighted by atomic mass is 16.1. The van der Waals surface area contributed by atoms with Gasteiger partial charge in [-0.25, -0.2) is 0 Å². The first-order chi connectivity index (χ1) is 11.5. The van der Waals surface area contributed by atoms with Gasteiger partial charge in [-0.2, -0.15) is 0 Å². The number of hydrogen-bond donors (Lipinski definition) is 2. The van der Waals surface area contributed by atoms with E-state index in [0.717, 1.165) is 28.9 Å². The molecule has 1 amide bonds. The van der Waals surface area contributed by atoms with Gasteiger partial charge in [-0.1, -0.05) is 25.1 Å². The molecule has 0 unspecified atom stereocenters. The zero-order chi connectivity index (χ0) is 17.5. The van der Waals surface area contributed by atoms with Crippen molar-refractivity contribution in [1.29, 1.82) is 0 Å². The molecule has 2 aromatic rings. The van der Waals surface area contributed by atoms with Crippen LogP contribution in [0.1, 0.15) is 41.3 Å². The smallest absolute Gasteiger partial charge is 0.224 e. The number of amides is 1. The molecule has 0 heterocycles. The summed E-state index contributed by atoms with van der Waals surface area (Å²) in [7, 11) is 1.85. The van der Waals surface area contributed by atoms with Gasteiger partial charge in [0.15, 0.2) is 5.78 Å². The maximum Gasteiger partial charge on any atom is 0.224 e. The van der Waals surface area contributed by atoms with Crippen LogP contribution in [0.3, 0.4) is 0 Å². The molecule has 0 aliphatic carbocycles. The lowest BCUT2D eigenvalue weighted by molar-refractivity contribution is -0.116. The van der Waals surface area contributed by atoms with Crippen LogP contribution in [0.25, 0.3) is 0 Å². The van der Waals surface area contributed by atoms with Crippen LogP contribution < -0.4 is 10.6 Å². The van der Waals surface area contributed by atoms with Gasteiger partial charge >= 0.3 is 0 Å². The maximum absolute atomic E-state index is 12.6. The third-order valence-electron chi connectivity index (χ3n) is 3.94. The van der Waals surface area contributed by atoms with E-state index in [1.807, 2.05) is 51.2 Å². The third-order valence-corrected chi connectivity index (χ3v) is 3.94. The predicted octanol–water partition coefficient (Wildman–Crippen LogP) is 4.20. The van der Waals surface area contributed by atoms with Gasteiger partial charge in [-0.15, -0.1) is 0 Å². The number of aryl methyl sites for hydroxylation is 1. The van der Waals surface area contributed by atoms with Crippen molar-refractivity contribution in [2.24, 2.45) is 0 Å². The number of carbonyl (C=O) groups is 2. The molecule has 0 saturated heterocycles. The average Bonchev–Trinajstić information content (AvgIpc) is 2.57. The molecule has 0 spiro atoms. The van der Waals surface area contributed by atoms with Crippen molar-refractivity contribution in [2.75, 3.05) is 17.7 Å². The van der Waals surface area contributed by atoms with E-state index in [0.29, 0.717) is 18.4 Å². The largest absolute Gasteiger partial charge is 0.388 e. The summed E-state index contributed by atoms with van der Waals surface area (Å²) in [5.41, 5.74) is 4.26. The van der Waals surface area contributed by atoms with Gasteiger partial charge in [-0.05, 0) is 48.7 Å². The number of Topliss-reactive ketones (excluding diaryl/α,β-unsaturated/α-hetero) is 1. The van der Waals surface area contributed by atoms with Crippen molar-refractivity contribution in [1.82, 2.24) is 0 Å². The molecule has 0 aliphatic heterocycles. The molecule has 0 fully saturated rings. The van der Waals surface area contributed by atoms with Crippen LogP contribution in [0.4, 0.5) is 11.4 Å². The Morgan fingerprint density at radius 3 is 2.46 bits per heavy atom. The molecule has 0 bridgehead atoms. The van der Waals surface area contributed by atoms with Crippen molar-refractivity contribution >= 4 is 23.1 Å². The molecule has 0 radical (unpaired) electrons. The fourth-order valence-corrected chi connectivity index (χ4v) is 2.61. The summed E-state index contributed by atoms with van der Waals surface area (Å²) in [6, 6.07) is 13.2. The SMILES string of the molecule is CCCC(=O)Nc1ccc(C(=O)Cc2ccccc2NC)cc1C. The van der Waals surface area contributed by atoms with Gasteiger partial charge in [0.2, 0.25) is 5.91 Å². The normalized spacial score (nSPS) is 10.3. The van der Waals surface area contributed by atoms with Crippen LogP contribution in [-0.2, 0) is 11.2 Å². The second kappa shape index (κ2) is 8.29. The maximum atomic E-state index is 12.6. The molecule has 2 N–H and O–H groups in total. The van der Waals surface area contributed by atoms with Crippen molar-refractivity contribution in [3.05, 3.63) is 59.2 Å². The molecule has 4 nitrogen and oxygen atoms in total. The summed E-state index contributed by atoms with van der Waals surface area (Å²) in [6.45, 7) is 3.87. The monoisotopic (exact) mass is 324 g/mol. The number of ketones is 1. The molecule has 0 saturated carbocycles. The third kappa shape index (κ3) is 4.44. The standard InChI is InChI=1S/C20H24N2O2/c1-4-7-20(24)22-17-11-10-16(12-14(17)2)19(23)13-15-8-5-6-9-18(15)21-3/h5-6,8-12,21H,4,7,13H2,1-3H3,(H,22,24). The molecule has 24 heavy (non-hydrogen) atoms. The minimum atomic E-state index is 0.00243. The Morgan fingerprint density at radius 1 is 1.04 bits per heavy atom. The molecule has 0 aliphatic rings. The van der Waals surface area contributed by atoms with E-state index in [1.54, 1.807) is 12.1 Å². The van der Waals surface area contributed by atoms with Crippen LogP contribution >= 0.6 is 0 Å². The van der Waals surface area contributed by atoms with Gasteiger partial charge in [0.05, 0.1) is 0 Å². The van der Waals surface area contributed by atoms with Gasteiger partial charge in [0.1, 0.15) is 0 Å². The highest BCUT2D eigenvalue weighted by Gasteiger charge is 2.12. The Bertz CT molecular complexity index is 738. The van der Waals surface area contributed by atoms with Gasteiger partial charge in [-0.3, -0.25) is 9.59 Å². The Morgan fingerprint density at radius 2 is 1.79 bits per heavy atom. The Kier molecular flexibility index (Phi) is 6.13. The van der Waals surface area contributed by atoms with Crippen molar-refractivity contribution in [3.8, 4) is 0 Å². The zero-order valence-corrected chi connectivity index (χ0v) is 14.5. The first-order valence-corrected chi connectivity index (χ1v) is 8.24. The van der Waals surface area contributed by atoms with Crippen LogP contribution in [-0.4, -0.2) is 18.7 Å². The lowest BCUT2D eigenvalue weighted by Crippen LogP contribution is -2.12. The summed E-state index contributed by atoms with van der Waals surface area (Å²) in [6.07, 6.45) is 1.66. The number of benzene rings is 2. The van der Waals surface area contributed by atoms with Gasteiger partial charge < -0.3 is 10.6 Å². The Balaban J connectivity index is 2.13. The van der Waals surface area contributed by atoms with E-state index < -0.39 is 0 Å². The molecule has 2 aromatic carbocycles. The first kappa shape index (κ1) is 17.7. The molecule has 4 heteroatoms. The number of anilines is 2. The summed E-state index contributed by atoms with van der Waals surface area (Å²) in [5, 5.41) is 5.99. The fraction of sp³-hybridized carbons (Fsp3) is 0.300. The van der Waals surface area contributed by atoms with E-state index in [-0.39, 0.29) is 11.7 Å². The molecule has 0 aromatic heterocycles. The first-order valence-electron chi connectivity index (χ1n) is 8.24. The minimum absolute atomic E-state index is 0.00243. The summed E-state index contributed by atoms with van der Waals surface area (Å²) >= 11 is 0. The van der Waals surface area contributed by atoms with E-state index in [4.69, 9.17) is 0 Å². The second-order valence-electron chi connectivity index (χ2n) is 5.83. The Hall–Kier alpha value is -2.62. The van der Waals surface area contributed by atoms with E-state index >= 15 is 0 Å². The zero-order valence-electron chi connectivity index (χ0n) is 14.5. The molecular formula is C20H24N2O2.